The Kier molecular flexibility index (Phi) is 4.38. The van der Waals surface area contributed by atoms with Crippen LogP contribution in [0, 0.1) is 6.92 Å². The number of benzene rings is 1. The molecule has 0 saturated heterocycles. The number of nitrogens with one attached hydrogen (secondary N) is 1. The van der Waals surface area contributed by atoms with Crippen molar-refractivity contribution in [2.45, 2.75) is 33.2 Å². The Morgan fingerprint density at radius 2 is 1.84 bits per heavy atom. The minimum atomic E-state index is 0.463. The fourth-order valence-corrected chi connectivity index (χ4v) is 2.06. The number of anilines is 1. The first-order valence-corrected chi connectivity index (χ1v) is 6.76. The molecule has 19 heavy (non-hydrogen) atoms. The van der Waals surface area contributed by atoms with E-state index in [2.05, 4.69) is 53.4 Å². The molecule has 1 aromatic heterocycles. The number of nitrogens with zero attached hydrogens (tertiary/aromatic N) is 2. The van der Waals surface area contributed by atoms with Gasteiger partial charge in [-0.15, -0.1) is 0 Å². The number of halogens is 1. The van der Waals surface area contributed by atoms with Gasteiger partial charge in [0, 0.05) is 12.6 Å². The maximum Gasteiger partial charge on any atom is 0.134 e. The third kappa shape index (κ3) is 3.93. The van der Waals surface area contributed by atoms with Crippen LogP contribution >= 0.6 is 11.6 Å². The monoisotopic (exact) mass is 275 g/mol. The first-order chi connectivity index (χ1) is 9.04. The van der Waals surface area contributed by atoms with Crippen molar-refractivity contribution in [3.8, 4) is 0 Å². The molecule has 1 N–H and O–H groups in total. The first kappa shape index (κ1) is 13.8. The largest absolute Gasteiger partial charge is 0.366 e. The van der Waals surface area contributed by atoms with Crippen LogP contribution in [0.2, 0.25) is 5.15 Å². The lowest BCUT2D eigenvalue weighted by Gasteiger charge is -2.09. The Hall–Kier alpha value is -1.61. The van der Waals surface area contributed by atoms with E-state index in [0.29, 0.717) is 16.9 Å². The predicted octanol–water partition coefficient (Wildman–Crippen LogP) is 4.17. The van der Waals surface area contributed by atoms with Crippen LogP contribution < -0.4 is 5.32 Å². The topological polar surface area (TPSA) is 37.8 Å². The number of hydrogen-bond donors (Lipinski definition) is 1. The lowest BCUT2D eigenvalue weighted by Crippen LogP contribution is -2.03. The van der Waals surface area contributed by atoms with E-state index in [0.717, 1.165) is 12.4 Å². The van der Waals surface area contributed by atoms with Crippen LogP contribution in [0.5, 0.6) is 0 Å². The minimum Gasteiger partial charge on any atom is -0.366 e. The van der Waals surface area contributed by atoms with Crippen LogP contribution in [-0.2, 0) is 6.54 Å². The van der Waals surface area contributed by atoms with Crippen LogP contribution in [0.15, 0.2) is 30.3 Å². The van der Waals surface area contributed by atoms with E-state index in [1.54, 1.807) is 6.07 Å². The van der Waals surface area contributed by atoms with Crippen molar-refractivity contribution < 1.29 is 0 Å². The van der Waals surface area contributed by atoms with Crippen LogP contribution in [0.4, 0.5) is 5.82 Å². The highest BCUT2D eigenvalue weighted by Gasteiger charge is 2.01. The molecule has 0 aliphatic carbocycles. The van der Waals surface area contributed by atoms with Gasteiger partial charge in [0.2, 0.25) is 0 Å². The molecule has 1 aromatic carbocycles. The molecule has 0 aliphatic rings. The van der Waals surface area contributed by atoms with E-state index in [4.69, 9.17) is 11.6 Å². The number of rotatable bonds is 4. The number of aromatic nitrogens is 2. The molecule has 0 amide bonds. The Morgan fingerprint density at radius 3 is 2.42 bits per heavy atom. The van der Waals surface area contributed by atoms with Gasteiger partial charge in [-0.05, 0) is 24.0 Å². The molecule has 0 saturated carbocycles. The number of aryl methyl sites for hydroxylation is 1. The van der Waals surface area contributed by atoms with Gasteiger partial charge in [0.15, 0.2) is 0 Å². The standard InChI is InChI=1S/C15H18ClN3/c1-10(2)13-6-4-12(5-7-13)9-17-15-8-14(16)18-11(3)19-15/h4-8,10H,9H2,1-3H3,(H,17,18,19). The zero-order valence-corrected chi connectivity index (χ0v) is 12.2. The maximum absolute atomic E-state index is 5.90. The lowest BCUT2D eigenvalue weighted by atomic mass is 10.0. The quantitative estimate of drug-likeness (QED) is 0.851. The van der Waals surface area contributed by atoms with E-state index < -0.39 is 0 Å². The zero-order valence-electron chi connectivity index (χ0n) is 11.4. The van der Waals surface area contributed by atoms with Gasteiger partial charge in [-0.25, -0.2) is 9.97 Å². The summed E-state index contributed by atoms with van der Waals surface area (Å²) < 4.78 is 0. The minimum absolute atomic E-state index is 0.463. The van der Waals surface area contributed by atoms with E-state index in [1.807, 2.05) is 6.92 Å². The third-order valence-electron chi connectivity index (χ3n) is 2.93. The van der Waals surface area contributed by atoms with Gasteiger partial charge in [0.05, 0.1) is 0 Å². The smallest absolute Gasteiger partial charge is 0.134 e. The second kappa shape index (κ2) is 6.02. The second-order valence-corrected chi connectivity index (χ2v) is 5.26. The molecule has 0 radical (unpaired) electrons. The van der Waals surface area contributed by atoms with Gasteiger partial charge in [0.25, 0.3) is 0 Å². The molecule has 0 spiro atoms. The van der Waals surface area contributed by atoms with Gasteiger partial charge in [-0.3, -0.25) is 0 Å². The Bertz CT molecular complexity index is 530. The van der Waals surface area contributed by atoms with Gasteiger partial charge >= 0.3 is 0 Å². The van der Waals surface area contributed by atoms with Crippen LogP contribution in [0.25, 0.3) is 0 Å². The summed E-state index contributed by atoms with van der Waals surface area (Å²) in [5.74, 6) is 1.99. The summed E-state index contributed by atoms with van der Waals surface area (Å²) >= 11 is 5.90. The fraction of sp³-hybridized carbons (Fsp3) is 0.333. The summed E-state index contributed by atoms with van der Waals surface area (Å²) in [6.45, 7) is 6.94. The predicted molar refractivity (Wildman–Crippen MR) is 79.6 cm³/mol. The van der Waals surface area contributed by atoms with Crippen molar-refractivity contribution in [2.24, 2.45) is 0 Å². The van der Waals surface area contributed by atoms with E-state index in [1.165, 1.54) is 11.1 Å². The highest BCUT2D eigenvalue weighted by molar-refractivity contribution is 6.29. The molecule has 0 unspecified atom stereocenters. The summed E-state index contributed by atoms with van der Waals surface area (Å²) in [7, 11) is 0. The Morgan fingerprint density at radius 1 is 1.16 bits per heavy atom. The first-order valence-electron chi connectivity index (χ1n) is 6.38. The fourth-order valence-electron chi connectivity index (χ4n) is 1.83. The molecular weight excluding hydrogens is 258 g/mol. The summed E-state index contributed by atoms with van der Waals surface area (Å²) in [6, 6.07) is 10.3. The molecule has 0 atom stereocenters. The lowest BCUT2D eigenvalue weighted by molar-refractivity contribution is 0.865. The highest BCUT2D eigenvalue weighted by Crippen LogP contribution is 2.16. The van der Waals surface area contributed by atoms with Crippen LogP contribution in [-0.4, -0.2) is 9.97 Å². The third-order valence-corrected chi connectivity index (χ3v) is 3.12. The summed E-state index contributed by atoms with van der Waals surface area (Å²) in [4.78, 5) is 8.32. The molecule has 100 valence electrons. The summed E-state index contributed by atoms with van der Waals surface area (Å²) in [5, 5.41) is 3.72. The maximum atomic E-state index is 5.90. The number of hydrogen-bond acceptors (Lipinski definition) is 3. The van der Waals surface area contributed by atoms with E-state index in [-0.39, 0.29) is 0 Å². The van der Waals surface area contributed by atoms with Crippen LogP contribution in [0.3, 0.4) is 0 Å². The van der Waals surface area contributed by atoms with Gasteiger partial charge in [-0.2, -0.15) is 0 Å². The molecule has 3 nitrogen and oxygen atoms in total. The molecule has 4 heteroatoms. The normalized spacial score (nSPS) is 10.8. The van der Waals surface area contributed by atoms with Crippen molar-refractivity contribution in [3.63, 3.8) is 0 Å². The molecule has 1 heterocycles. The molecule has 0 bridgehead atoms. The van der Waals surface area contributed by atoms with E-state index in [9.17, 15) is 0 Å². The summed E-state index contributed by atoms with van der Waals surface area (Å²) in [6.07, 6.45) is 0. The Labute approximate surface area is 119 Å². The molecule has 0 aliphatic heterocycles. The average molecular weight is 276 g/mol. The van der Waals surface area contributed by atoms with Crippen molar-refractivity contribution in [1.82, 2.24) is 9.97 Å². The molecular formula is C15H18ClN3. The molecule has 2 aromatic rings. The molecule has 2 rings (SSSR count). The van der Waals surface area contributed by atoms with Crippen molar-refractivity contribution in [3.05, 3.63) is 52.4 Å². The highest BCUT2D eigenvalue weighted by atomic mass is 35.5. The average Bonchev–Trinajstić information content (AvgIpc) is 2.36. The molecule has 0 fully saturated rings. The summed E-state index contributed by atoms with van der Waals surface area (Å²) in [5.41, 5.74) is 2.57. The van der Waals surface area contributed by atoms with E-state index >= 15 is 0 Å². The van der Waals surface area contributed by atoms with Gasteiger partial charge < -0.3 is 5.32 Å². The Balaban J connectivity index is 2.02. The van der Waals surface area contributed by atoms with Crippen molar-refractivity contribution in [1.29, 1.82) is 0 Å². The van der Waals surface area contributed by atoms with Crippen molar-refractivity contribution in [2.75, 3.05) is 5.32 Å². The van der Waals surface area contributed by atoms with Crippen molar-refractivity contribution >= 4 is 17.4 Å². The van der Waals surface area contributed by atoms with Gasteiger partial charge in [-0.1, -0.05) is 49.7 Å². The van der Waals surface area contributed by atoms with Gasteiger partial charge in [0.1, 0.15) is 16.8 Å². The van der Waals surface area contributed by atoms with Crippen LogP contribution in [0.1, 0.15) is 36.7 Å². The second-order valence-electron chi connectivity index (χ2n) is 4.87. The SMILES string of the molecule is Cc1nc(Cl)cc(NCc2ccc(C(C)C)cc2)n1. The zero-order chi connectivity index (χ0) is 13.8.